The first-order valence-electron chi connectivity index (χ1n) is 4.10. The molecule has 0 saturated carbocycles. The lowest BCUT2D eigenvalue weighted by atomic mass is 9.98. The van der Waals surface area contributed by atoms with Crippen molar-refractivity contribution in [1.82, 2.24) is 0 Å². The normalized spacial score (nSPS) is 15.4. The molecular formula is C10H11Cl3. The Kier molecular flexibility index (Phi) is 4.37. The van der Waals surface area contributed by atoms with Crippen LogP contribution in [0, 0.1) is 0 Å². The molecule has 0 aliphatic rings. The monoisotopic (exact) mass is 236 g/mol. The van der Waals surface area contributed by atoms with Gasteiger partial charge in [-0.1, -0.05) is 30.7 Å². The Bertz CT molecular complexity index is 255. The molecule has 3 heteroatoms. The summed E-state index contributed by atoms with van der Waals surface area (Å²) in [4.78, 5) is 0. The minimum absolute atomic E-state index is 0.0251. The van der Waals surface area contributed by atoms with Crippen molar-refractivity contribution < 1.29 is 0 Å². The highest BCUT2D eigenvalue weighted by molar-refractivity contribution is 6.30. The molecule has 0 bridgehead atoms. The Morgan fingerprint density at radius 3 is 2.23 bits per heavy atom. The zero-order valence-electron chi connectivity index (χ0n) is 7.31. The molecule has 0 aliphatic heterocycles. The molecule has 0 fully saturated rings. The predicted octanol–water partition coefficient (Wildman–Crippen LogP) is 4.29. The fraction of sp³-hybridized carbons (Fsp3) is 0.400. The Morgan fingerprint density at radius 2 is 1.77 bits per heavy atom. The van der Waals surface area contributed by atoms with Crippen LogP contribution in [0.1, 0.15) is 18.4 Å². The molecule has 0 amide bonds. The average molecular weight is 238 g/mol. The third kappa shape index (κ3) is 3.05. The largest absolute Gasteiger partial charge is 0.125 e. The van der Waals surface area contributed by atoms with Gasteiger partial charge in [0.05, 0.1) is 5.38 Å². The summed E-state index contributed by atoms with van der Waals surface area (Å²) in [6, 6.07) is 7.69. The van der Waals surface area contributed by atoms with Crippen molar-refractivity contribution in [2.24, 2.45) is 0 Å². The van der Waals surface area contributed by atoms with Gasteiger partial charge in [0.25, 0.3) is 0 Å². The number of halogens is 3. The van der Waals surface area contributed by atoms with Crippen LogP contribution in [0.4, 0.5) is 0 Å². The van der Waals surface area contributed by atoms with Gasteiger partial charge in [0, 0.05) is 10.9 Å². The van der Waals surface area contributed by atoms with Crippen molar-refractivity contribution >= 4 is 34.8 Å². The summed E-state index contributed by atoms with van der Waals surface area (Å²) in [5, 5.41) is 0.718. The third-order valence-corrected chi connectivity index (χ3v) is 3.36. The summed E-state index contributed by atoms with van der Waals surface area (Å²) in [5.41, 5.74) is 1.17. The van der Waals surface area contributed by atoms with Crippen LogP contribution in [0.25, 0.3) is 0 Å². The van der Waals surface area contributed by atoms with E-state index in [1.807, 2.05) is 24.3 Å². The Balaban J connectivity index is 2.77. The van der Waals surface area contributed by atoms with Crippen LogP contribution in [0.15, 0.2) is 24.3 Å². The van der Waals surface area contributed by atoms with Gasteiger partial charge in [-0.2, -0.15) is 0 Å². The van der Waals surface area contributed by atoms with Crippen molar-refractivity contribution in [3.63, 3.8) is 0 Å². The topological polar surface area (TPSA) is 0 Å². The highest BCUT2D eigenvalue weighted by atomic mass is 35.5. The smallest absolute Gasteiger partial charge is 0.0537 e. The molecule has 0 saturated heterocycles. The molecule has 0 aliphatic carbocycles. The van der Waals surface area contributed by atoms with Crippen LogP contribution in [-0.4, -0.2) is 11.3 Å². The van der Waals surface area contributed by atoms with Gasteiger partial charge in [-0.15, -0.1) is 23.2 Å². The Hall–Kier alpha value is 0.0900. The lowest BCUT2D eigenvalue weighted by Gasteiger charge is -2.15. The summed E-state index contributed by atoms with van der Waals surface area (Å²) >= 11 is 17.5. The van der Waals surface area contributed by atoms with Gasteiger partial charge in [-0.05, 0) is 23.6 Å². The molecule has 0 spiro atoms. The Morgan fingerprint density at radius 1 is 1.23 bits per heavy atom. The van der Waals surface area contributed by atoms with Crippen LogP contribution in [0.2, 0.25) is 5.02 Å². The van der Waals surface area contributed by atoms with Gasteiger partial charge in [-0.25, -0.2) is 0 Å². The molecule has 1 aromatic rings. The molecule has 0 heterocycles. The highest BCUT2D eigenvalue weighted by Gasteiger charge is 2.14. The van der Waals surface area contributed by atoms with Crippen LogP contribution >= 0.6 is 34.8 Å². The second-order valence-corrected chi connectivity index (χ2v) is 4.32. The standard InChI is InChI=1S/C10H11Cl3/c1-7(10(13)6-11)8-2-4-9(12)5-3-8/h2-5,7,10H,6H2,1H3. The minimum Gasteiger partial charge on any atom is -0.125 e. The van der Waals surface area contributed by atoms with Crippen LogP contribution < -0.4 is 0 Å². The summed E-state index contributed by atoms with van der Waals surface area (Å²) in [6.45, 7) is 2.06. The number of benzene rings is 1. The minimum atomic E-state index is -0.0251. The van der Waals surface area contributed by atoms with Crippen molar-refractivity contribution in [2.45, 2.75) is 18.2 Å². The van der Waals surface area contributed by atoms with Gasteiger partial charge in [0.15, 0.2) is 0 Å². The third-order valence-electron chi connectivity index (χ3n) is 2.09. The van der Waals surface area contributed by atoms with E-state index in [2.05, 4.69) is 6.92 Å². The zero-order chi connectivity index (χ0) is 9.84. The van der Waals surface area contributed by atoms with Crippen LogP contribution in [0.5, 0.6) is 0 Å². The molecule has 0 N–H and O–H groups in total. The second-order valence-electron chi connectivity index (χ2n) is 3.01. The second kappa shape index (κ2) is 5.09. The lowest BCUT2D eigenvalue weighted by molar-refractivity contribution is 0.747. The van der Waals surface area contributed by atoms with Gasteiger partial charge in [0.1, 0.15) is 0 Å². The molecule has 72 valence electrons. The van der Waals surface area contributed by atoms with Crippen molar-refractivity contribution in [1.29, 1.82) is 0 Å². The summed E-state index contributed by atoms with van der Waals surface area (Å²) in [6.07, 6.45) is 0. The number of rotatable bonds is 3. The van der Waals surface area contributed by atoms with Gasteiger partial charge >= 0.3 is 0 Å². The quantitative estimate of drug-likeness (QED) is 0.688. The first kappa shape index (κ1) is 11.2. The van der Waals surface area contributed by atoms with Crippen molar-refractivity contribution in [3.8, 4) is 0 Å². The van der Waals surface area contributed by atoms with E-state index >= 15 is 0 Å². The van der Waals surface area contributed by atoms with E-state index < -0.39 is 0 Å². The number of hydrogen-bond acceptors (Lipinski definition) is 0. The van der Waals surface area contributed by atoms with Gasteiger partial charge in [0.2, 0.25) is 0 Å². The maximum absolute atomic E-state index is 6.03. The summed E-state index contributed by atoms with van der Waals surface area (Å²) in [5.74, 6) is 0.724. The molecule has 13 heavy (non-hydrogen) atoms. The molecule has 1 rings (SSSR count). The average Bonchev–Trinajstić information content (AvgIpc) is 2.17. The maximum atomic E-state index is 6.03. The first-order chi connectivity index (χ1) is 6.15. The van der Waals surface area contributed by atoms with E-state index in [9.17, 15) is 0 Å². The lowest BCUT2D eigenvalue weighted by Crippen LogP contribution is -2.10. The van der Waals surface area contributed by atoms with E-state index in [0.29, 0.717) is 5.88 Å². The first-order valence-corrected chi connectivity index (χ1v) is 5.45. The predicted molar refractivity (Wildman–Crippen MR) is 60.2 cm³/mol. The molecule has 1 aromatic carbocycles. The number of alkyl halides is 2. The van der Waals surface area contributed by atoms with Crippen molar-refractivity contribution in [2.75, 3.05) is 5.88 Å². The van der Waals surface area contributed by atoms with E-state index in [0.717, 1.165) is 5.02 Å². The highest BCUT2D eigenvalue weighted by Crippen LogP contribution is 2.25. The van der Waals surface area contributed by atoms with Gasteiger partial charge in [-0.3, -0.25) is 0 Å². The van der Waals surface area contributed by atoms with E-state index in [1.54, 1.807) is 0 Å². The SMILES string of the molecule is CC(c1ccc(Cl)cc1)C(Cl)CCl. The molecule has 0 radical (unpaired) electrons. The molecular weight excluding hydrogens is 226 g/mol. The molecule has 0 aromatic heterocycles. The number of hydrogen-bond donors (Lipinski definition) is 0. The fourth-order valence-electron chi connectivity index (χ4n) is 1.11. The maximum Gasteiger partial charge on any atom is 0.0537 e. The van der Waals surface area contributed by atoms with Gasteiger partial charge < -0.3 is 0 Å². The molecule has 2 atom stereocenters. The fourth-order valence-corrected chi connectivity index (χ4v) is 1.65. The zero-order valence-corrected chi connectivity index (χ0v) is 9.57. The van der Waals surface area contributed by atoms with Crippen molar-refractivity contribution in [3.05, 3.63) is 34.9 Å². The Labute approximate surface area is 93.8 Å². The van der Waals surface area contributed by atoms with E-state index in [-0.39, 0.29) is 11.3 Å². The van der Waals surface area contributed by atoms with E-state index in [4.69, 9.17) is 34.8 Å². The van der Waals surface area contributed by atoms with Crippen LogP contribution in [-0.2, 0) is 0 Å². The molecule has 2 unspecified atom stereocenters. The van der Waals surface area contributed by atoms with Crippen LogP contribution in [0.3, 0.4) is 0 Å². The molecule has 0 nitrogen and oxygen atoms in total. The summed E-state index contributed by atoms with van der Waals surface area (Å²) in [7, 11) is 0. The summed E-state index contributed by atoms with van der Waals surface area (Å²) < 4.78 is 0. The van der Waals surface area contributed by atoms with E-state index in [1.165, 1.54) is 5.56 Å².